The predicted molar refractivity (Wildman–Crippen MR) is 74.8 cm³/mol. The number of thiazole rings is 1. The van der Waals surface area contributed by atoms with Gasteiger partial charge in [-0.15, -0.1) is 11.3 Å². The van der Waals surface area contributed by atoms with Crippen molar-refractivity contribution in [2.24, 2.45) is 0 Å². The minimum atomic E-state index is -3.49. The van der Waals surface area contributed by atoms with Crippen molar-refractivity contribution in [2.45, 2.75) is 5.75 Å². The number of hydrogen-bond donors (Lipinski definition) is 1. The lowest BCUT2D eigenvalue weighted by Crippen LogP contribution is -2.14. The van der Waals surface area contributed by atoms with Crippen LogP contribution in [0.1, 0.15) is 5.56 Å². The van der Waals surface area contributed by atoms with Gasteiger partial charge in [-0.25, -0.2) is 13.4 Å². The Morgan fingerprint density at radius 2 is 2.06 bits per heavy atom. The maximum absolute atomic E-state index is 11.8. The van der Waals surface area contributed by atoms with Crippen LogP contribution in [0.15, 0.2) is 29.8 Å². The zero-order chi connectivity index (χ0) is 13.2. The number of rotatable bonds is 4. The number of nitrogens with one attached hydrogen (secondary N) is 1. The van der Waals surface area contributed by atoms with E-state index in [1.807, 2.05) is 0 Å². The van der Waals surface area contributed by atoms with Gasteiger partial charge in [0.2, 0.25) is 10.0 Å². The van der Waals surface area contributed by atoms with Crippen LogP contribution in [0, 0.1) is 0 Å². The van der Waals surface area contributed by atoms with Gasteiger partial charge in [-0.3, -0.25) is 4.72 Å². The first kappa shape index (κ1) is 13.6. The first-order chi connectivity index (χ1) is 8.46. The molecule has 0 fully saturated rings. The molecule has 18 heavy (non-hydrogen) atoms. The standard InChI is InChI=1S/C10H8Cl2N2O2S2/c11-8-2-1-7(5-9(8)12)6-18(15,16)14-10-13-3-4-17-10/h1-5H,6H2,(H,13,14). The molecule has 0 aliphatic heterocycles. The van der Waals surface area contributed by atoms with Gasteiger partial charge >= 0.3 is 0 Å². The quantitative estimate of drug-likeness (QED) is 0.938. The van der Waals surface area contributed by atoms with Gasteiger partial charge in [0.1, 0.15) is 0 Å². The maximum Gasteiger partial charge on any atom is 0.238 e. The smallest absolute Gasteiger partial charge is 0.238 e. The second-order valence-electron chi connectivity index (χ2n) is 3.45. The highest BCUT2D eigenvalue weighted by molar-refractivity contribution is 7.92. The third-order valence-corrected chi connectivity index (χ3v) is 4.79. The normalized spacial score (nSPS) is 11.4. The summed E-state index contributed by atoms with van der Waals surface area (Å²) in [5.74, 6) is -0.177. The van der Waals surface area contributed by atoms with Crippen LogP contribution >= 0.6 is 34.5 Å². The van der Waals surface area contributed by atoms with Crippen molar-refractivity contribution in [1.29, 1.82) is 0 Å². The van der Waals surface area contributed by atoms with E-state index in [-0.39, 0.29) is 5.75 Å². The molecule has 2 rings (SSSR count). The molecule has 0 spiro atoms. The Bertz CT molecular complexity index is 642. The van der Waals surface area contributed by atoms with Crippen LogP contribution in [0.4, 0.5) is 5.13 Å². The summed E-state index contributed by atoms with van der Waals surface area (Å²) in [6.07, 6.45) is 1.53. The minimum absolute atomic E-state index is 0.177. The van der Waals surface area contributed by atoms with E-state index < -0.39 is 10.0 Å². The van der Waals surface area contributed by atoms with Crippen LogP contribution in [0.5, 0.6) is 0 Å². The lowest BCUT2D eigenvalue weighted by molar-refractivity contribution is 0.600. The minimum Gasteiger partial charge on any atom is -0.258 e. The zero-order valence-corrected chi connectivity index (χ0v) is 12.1. The van der Waals surface area contributed by atoms with Crippen molar-refractivity contribution in [3.63, 3.8) is 0 Å². The van der Waals surface area contributed by atoms with Gasteiger partial charge < -0.3 is 0 Å². The van der Waals surface area contributed by atoms with E-state index >= 15 is 0 Å². The summed E-state index contributed by atoms with van der Waals surface area (Å²) < 4.78 is 26.1. The number of hydrogen-bond acceptors (Lipinski definition) is 4. The molecule has 0 amide bonds. The number of benzene rings is 1. The van der Waals surface area contributed by atoms with Gasteiger partial charge in [-0.2, -0.15) is 0 Å². The Kier molecular flexibility index (Phi) is 4.11. The van der Waals surface area contributed by atoms with Crippen LogP contribution in [-0.4, -0.2) is 13.4 Å². The van der Waals surface area contributed by atoms with Gasteiger partial charge in [-0.1, -0.05) is 29.3 Å². The Morgan fingerprint density at radius 3 is 2.67 bits per heavy atom. The molecule has 0 aliphatic carbocycles. The number of anilines is 1. The highest BCUT2D eigenvalue weighted by atomic mass is 35.5. The van der Waals surface area contributed by atoms with E-state index in [1.54, 1.807) is 17.5 Å². The molecule has 1 N–H and O–H groups in total. The van der Waals surface area contributed by atoms with Crippen molar-refractivity contribution in [2.75, 3.05) is 4.72 Å². The van der Waals surface area contributed by atoms with E-state index in [1.165, 1.54) is 23.6 Å². The summed E-state index contributed by atoms with van der Waals surface area (Å²) >= 11 is 12.8. The van der Waals surface area contributed by atoms with Crippen LogP contribution in [0.25, 0.3) is 0 Å². The summed E-state index contributed by atoms with van der Waals surface area (Å²) in [4.78, 5) is 3.86. The monoisotopic (exact) mass is 322 g/mol. The third-order valence-electron chi connectivity index (χ3n) is 2.02. The third kappa shape index (κ3) is 3.58. The predicted octanol–water partition coefficient (Wildman–Crippen LogP) is 3.39. The molecule has 0 saturated carbocycles. The fraction of sp³-hybridized carbons (Fsp3) is 0.100. The molecule has 4 nitrogen and oxygen atoms in total. The van der Waals surface area contributed by atoms with Crippen LogP contribution < -0.4 is 4.72 Å². The van der Waals surface area contributed by atoms with E-state index in [0.29, 0.717) is 20.7 Å². The zero-order valence-electron chi connectivity index (χ0n) is 8.93. The molecule has 96 valence electrons. The fourth-order valence-electron chi connectivity index (χ4n) is 1.29. The summed E-state index contributed by atoms with van der Waals surface area (Å²) in [5, 5.41) is 2.76. The second-order valence-corrected chi connectivity index (χ2v) is 6.88. The van der Waals surface area contributed by atoms with Crippen molar-refractivity contribution in [3.05, 3.63) is 45.4 Å². The van der Waals surface area contributed by atoms with E-state index in [0.717, 1.165) is 0 Å². The van der Waals surface area contributed by atoms with Gasteiger partial charge in [0.05, 0.1) is 15.8 Å². The van der Waals surface area contributed by atoms with E-state index in [9.17, 15) is 8.42 Å². The van der Waals surface area contributed by atoms with E-state index in [2.05, 4.69) is 9.71 Å². The molecule has 8 heteroatoms. The van der Waals surface area contributed by atoms with Crippen LogP contribution in [0.3, 0.4) is 0 Å². The Balaban J connectivity index is 2.14. The Hall–Kier alpha value is -0.820. The molecule has 1 heterocycles. The molecule has 0 unspecified atom stereocenters. The van der Waals surface area contributed by atoms with Gasteiger partial charge in [0.15, 0.2) is 5.13 Å². The van der Waals surface area contributed by atoms with Crippen LogP contribution in [0.2, 0.25) is 10.0 Å². The molecule has 0 bridgehead atoms. The molecule has 0 radical (unpaired) electrons. The Morgan fingerprint density at radius 1 is 1.28 bits per heavy atom. The molecule has 0 saturated heterocycles. The van der Waals surface area contributed by atoms with Gasteiger partial charge in [0.25, 0.3) is 0 Å². The summed E-state index contributed by atoms with van der Waals surface area (Å²) in [5.41, 5.74) is 0.563. The summed E-state index contributed by atoms with van der Waals surface area (Å²) in [6.45, 7) is 0. The fourth-order valence-corrected chi connectivity index (χ4v) is 3.57. The van der Waals surface area contributed by atoms with Gasteiger partial charge in [0, 0.05) is 11.6 Å². The Labute approximate surface area is 119 Å². The number of nitrogens with zero attached hydrogens (tertiary/aromatic N) is 1. The van der Waals surface area contributed by atoms with Crippen molar-refractivity contribution < 1.29 is 8.42 Å². The number of sulfonamides is 1. The lowest BCUT2D eigenvalue weighted by atomic mass is 10.2. The van der Waals surface area contributed by atoms with Crippen LogP contribution in [-0.2, 0) is 15.8 Å². The topological polar surface area (TPSA) is 59.1 Å². The molecule has 1 aromatic heterocycles. The van der Waals surface area contributed by atoms with Crippen molar-refractivity contribution in [1.82, 2.24) is 4.98 Å². The molecular weight excluding hydrogens is 315 g/mol. The first-order valence-corrected chi connectivity index (χ1v) is 8.09. The average Bonchev–Trinajstić information content (AvgIpc) is 2.75. The first-order valence-electron chi connectivity index (χ1n) is 4.80. The number of aromatic nitrogens is 1. The second kappa shape index (κ2) is 5.44. The van der Waals surface area contributed by atoms with Crippen molar-refractivity contribution in [3.8, 4) is 0 Å². The highest BCUT2D eigenvalue weighted by Crippen LogP contribution is 2.24. The number of halogens is 2. The molecule has 2 aromatic rings. The summed E-state index contributed by atoms with van der Waals surface area (Å²) in [6, 6.07) is 4.72. The van der Waals surface area contributed by atoms with Crippen molar-refractivity contribution >= 4 is 49.7 Å². The van der Waals surface area contributed by atoms with E-state index in [4.69, 9.17) is 23.2 Å². The molecule has 1 aromatic carbocycles. The highest BCUT2D eigenvalue weighted by Gasteiger charge is 2.13. The summed E-state index contributed by atoms with van der Waals surface area (Å²) in [7, 11) is -3.49. The molecule has 0 aliphatic rings. The molecular formula is C10H8Cl2N2O2S2. The SMILES string of the molecule is O=S(=O)(Cc1ccc(Cl)c(Cl)c1)Nc1nccs1. The largest absolute Gasteiger partial charge is 0.258 e. The lowest BCUT2D eigenvalue weighted by Gasteiger charge is -2.06. The molecule has 0 atom stereocenters. The van der Waals surface area contributed by atoms with Gasteiger partial charge in [-0.05, 0) is 17.7 Å². The maximum atomic E-state index is 11.8. The average molecular weight is 323 g/mol.